The minimum atomic E-state index is 0. The first-order chi connectivity index (χ1) is 4.00. The minimum absolute atomic E-state index is 0. The molecule has 0 fully saturated rings. The summed E-state index contributed by atoms with van der Waals surface area (Å²) in [6.45, 7) is 0. The van der Waals surface area contributed by atoms with Gasteiger partial charge in [-0.3, -0.25) is 0 Å². The molecule has 0 rings (SSSR count). The predicted octanol–water partition coefficient (Wildman–Crippen LogP) is -2.23. The van der Waals surface area contributed by atoms with E-state index in [1.807, 2.05) is 0 Å². The van der Waals surface area contributed by atoms with Gasteiger partial charge in [0.15, 0.2) is 0 Å². The van der Waals surface area contributed by atoms with Crippen LogP contribution in [0.25, 0.3) is 0 Å². The molecule has 0 bridgehead atoms. The third-order valence-electron chi connectivity index (χ3n) is 0. The summed E-state index contributed by atoms with van der Waals surface area (Å²) in [6.07, 6.45) is 0. The van der Waals surface area contributed by atoms with Crippen LogP contribution in [0.5, 0.6) is 0 Å². The third-order valence-corrected chi connectivity index (χ3v) is 0. The van der Waals surface area contributed by atoms with E-state index < -0.39 is 0 Å². The number of hydrogen-bond acceptors (Lipinski definition) is 8. The Kier molecular flexibility index (Phi) is 17100. The normalized spacial score (nSPS) is 2.67. The zero-order valence-corrected chi connectivity index (χ0v) is 6.84. The van der Waals surface area contributed by atoms with Crippen molar-refractivity contribution < 1.29 is 19.8 Å². The molecule has 9 heteroatoms. The first-order valence-corrected chi connectivity index (χ1v) is 0.943. The van der Waals surface area contributed by atoms with Crippen LogP contribution in [0.1, 0.15) is 0 Å². The van der Waals surface area contributed by atoms with Gasteiger partial charge in [0.05, 0.1) is 0 Å². The van der Waals surface area contributed by atoms with Gasteiger partial charge in [-0.05, 0) is 0 Å². The van der Waals surface area contributed by atoms with Gasteiger partial charge in [0.25, 0.3) is 0 Å². The Morgan fingerprint density at radius 3 is 0.444 bits per heavy atom. The van der Waals surface area contributed by atoms with Crippen LogP contribution in [-0.4, -0.2) is 0 Å². The van der Waals surface area contributed by atoms with Crippen molar-refractivity contribution in [1.29, 1.82) is 0 Å². The van der Waals surface area contributed by atoms with Crippen LogP contribution in [0, 0.1) is 20.8 Å². The van der Waals surface area contributed by atoms with Gasteiger partial charge in [0, 0.05) is 0 Å². The van der Waals surface area contributed by atoms with Crippen molar-refractivity contribution in [3.63, 3.8) is 0 Å². The molecule has 0 heterocycles. The molecule has 0 aromatic rings. The molecule has 0 aromatic heterocycles. The van der Waals surface area contributed by atoms with E-state index >= 15 is 0 Å². The first-order valence-electron chi connectivity index (χ1n) is 0.943. The van der Waals surface area contributed by atoms with Crippen molar-refractivity contribution in [2.75, 3.05) is 0 Å². The van der Waals surface area contributed by atoms with E-state index in [2.05, 4.69) is 23.6 Å². The van der Waals surface area contributed by atoms with Crippen molar-refractivity contribution in [3.8, 4) is 0 Å². The fraction of sp³-hybridized carbons (Fsp3) is 0. The number of hydrogen-bond donors (Lipinski definition) is 4. The Morgan fingerprint density at radius 1 is 0.444 bits per heavy atom. The van der Waals surface area contributed by atoms with Crippen LogP contribution in [-0.2, 0) is 19.8 Å². The summed E-state index contributed by atoms with van der Waals surface area (Å²) in [6, 6.07) is 0. The van der Waals surface area contributed by atoms with Crippen molar-refractivity contribution in [2.45, 2.75) is 0 Å². The molecule has 0 aromatic carbocycles. The molecule has 0 saturated carbocycles. The quantitative estimate of drug-likeness (QED) is 0.360. The van der Waals surface area contributed by atoms with Crippen molar-refractivity contribution in [3.05, 3.63) is 20.8 Å². The van der Waals surface area contributed by atoms with Gasteiger partial charge in [-0.1, -0.05) is 0 Å². The Hall–Kier alpha value is 0.316. The summed E-state index contributed by atoms with van der Waals surface area (Å²) in [5.41, 5.74) is 0. The molecule has 0 atom stereocenters. The summed E-state index contributed by atoms with van der Waals surface area (Å²) in [4.78, 5) is 0. The predicted molar refractivity (Wildman–Crippen MR) is 30.2 cm³/mol. The Balaban J connectivity index is -0.00000000762. The third kappa shape index (κ3) is 3320. The van der Waals surface area contributed by atoms with Crippen LogP contribution in [0.4, 0.5) is 0 Å². The van der Waals surface area contributed by atoms with Gasteiger partial charge in [0.1, 0.15) is 0 Å². The molecule has 0 aliphatic rings. The Bertz CT molecular complexity index is 12.5. The second kappa shape index (κ2) is 4450. The zero-order chi connectivity index (χ0) is 8.00. The molecule has 0 saturated heterocycles. The molecule has 9 heavy (non-hydrogen) atoms. The van der Waals surface area contributed by atoms with E-state index in [-0.39, 0.29) is 19.8 Å². The van der Waals surface area contributed by atoms with Crippen LogP contribution >= 0.6 is 0 Å². The average Bonchev–Trinajstić information content (AvgIpc) is 2.03. The Morgan fingerprint density at radius 2 is 0.444 bits per heavy atom. The van der Waals surface area contributed by atoms with E-state index in [4.69, 9.17) is 20.8 Å². The smallest absolute Gasteiger partial charge is 0.790 e. The van der Waals surface area contributed by atoms with E-state index in [1.54, 1.807) is 0 Å². The van der Waals surface area contributed by atoms with Crippen LogP contribution in [0.3, 0.4) is 0 Å². The fourth-order valence-electron chi connectivity index (χ4n) is 0. The first kappa shape index (κ1) is 34.6. The molecule has 0 radical (unpaired) electrons. The molecule has 0 spiro atoms. The molecule has 0 aliphatic heterocycles. The summed E-state index contributed by atoms with van der Waals surface area (Å²) in [5.74, 6) is 13.0. The second-order valence-corrected chi connectivity index (χ2v) is 0. The Labute approximate surface area is 64.9 Å². The molecule has 0 aliphatic carbocycles. The van der Waals surface area contributed by atoms with Gasteiger partial charge < -0.3 is 44.4 Å². The molecular weight excluding hydrogens is 310 g/mol. The summed E-state index contributed by atoms with van der Waals surface area (Å²) < 4.78 is 0. The van der Waals surface area contributed by atoms with Crippen molar-refractivity contribution in [1.82, 2.24) is 0 Å². The van der Waals surface area contributed by atoms with Crippen molar-refractivity contribution >= 4 is 0 Å². The van der Waals surface area contributed by atoms with Crippen LogP contribution in [0.15, 0.2) is 0 Å². The minimum Gasteiger partial charge on any atom is -0.790 e. The van der Waals surface area contributed by atoms with Gasteiger partial charge in [-0.15, -0.1) is 0 Å². The molecular formula is H8N4O4Os. The van der Waals surface area contributed by atoms with E-state index in [0.29, 0.717) is 0 Å². The van der Waals surface area contributed by atoms with Gasteiger partial charge in [-0.2, -0.15) is 0 Å². The molecule has 8 nitrogen and oxygen atoms in total. The summed E-state index contributed by atoms with van der Waals surface area (Å²) in [7, 11) is 0. The van der Waals surface area contributed by atoms with Crippen LogP contribution < -0.4 is 23.6 Å². The van der Waals surface area contributed by atoms with Gasteiger partial charge in [0.2, 0.25) is 0 Å². The molecule has 0 unspecified atom stereocenters. The second-order valence-electron chi connectivity index (χ2n) is 0. The maximum Gasteiger partial charge on any atom is 4.00 e. The van der Waals surface area contributed by atoms with Gasteiger partial charge in [-0.25, -0.2) is 0 Å². The monoisotopic (exact) mass is 320 g/mol. The van der Waals surface area contributed by atoms with Crippen molar-refractivity contribution in [2.24, 2.45) is 23.6 Å². The number of rotatable bonds is 0. The van der Waals surface area contributed by atoms with Crippen LogP contribution in [0.2, 0.25) is 0 Å². The number of nitrogens with two attached hydrogens (primary N) is 4. The maximum absolute atomic E-state index is 7.75. The fourth-order valence-corrected chi connectivity index (χ4v) is 0. The maximum atomic E-state index is 7.75. The molecule has 60 valence electrons. The topological polar surface area (TPSA) is 196 Å². The zero-order valence-electron chi connectivity index (χ0n) is 4.30. The van der Waals surface area contributed by atoms with Gasteiger partial charge >= 0.3 is 19.8 Å². The molecule has 8 N–H and O–H groups in total. The molecule has 0 amide bonds. The van der Waals surface area contributed by atoms with E-state index in [0.717, 1.165) is 0 Å². The average molecular weight is 318 g/mol. The standard InChI is InChI=1S/4H2NO.Os/c4*1-2;/h4*1H2;/q4*-1;+4. The van der Waals surface area contributed by atoms with E-state index in [1.165, 1.54) is 0 Å². The largest absolute Gasteiger partial charge is 4.00 e. The summed E-state index contributed by atoms with van der Waals surface area (Å²) in [5, 5.41) is 31.0. The summed E-state index contributed by atoms with van der Waals surface area (Å²) >= 11 is 0. The SMILES string of the molecule is N[O-].N[O-].N[O-].N[O-].[Os+4]. The van der Waals surface area contributed by atoms with E-state index in [9.17, 15) is 0 Å².